The predicted octanol–water partition coefficient (Wildman–Crippen LogP) is 7.44. The quantitative estimate of drug-likeness (QED) is 0.206. The van der Waals surface area contributed by atoms with Crippen molar-refractivity contribution >= 4 is 43.7 Å². The molecule has 0 saturated carbocycles. The monoisotopic (exact) mass is 656 g/mol. The molecule has 208 valence electrons. The van der Waals surface area contributed by atoms with Gasteiger partial charge >= 0.3 is 0 Å². The van der Waals surface area contributed by atoms with Crippen molar-refractivity contribution in [2.45, 2.75) is 65.0 Å². The van der Waals surface area contributed by atoms with Gasteiger partial charge in [-0.25, -0.2) is 0 Å². The molecule has 3 aromatic carbocycles. The van der Waals surface area contributed by atoms with Crippen LogP contribution >= 0.6 is 31.9 Å². The number of halogens is 2. The molecule has 0 aromatic heterocycles. The first-order chi connectivity index (χ1) is 18.6. The Kier molecular flexibility index (Phi) is 11.6. The van der Waals surface area contributed by atoms with Gasteiger partial charge < -0.3 is 15.0 Å². The van der Waals surface area contributed by atoms with E-state index in [1.165, 1.54) is 0 Å². The van der Waals surface area contributed by atoms with Crippen LogP contribution in [0.1, 0.15) is 57.2 Å². The summed E-state index contributed by atoms with van der Waals surface area (Å²) < 4.78 is 7.75. The highest BCUT2D eigenvalue weighted by Crippen LogP contribution is 2.31. The van der Waals surface area contributed by atoms with E-state index in [2.05, 4.69) is 64.9 Å². The van der Waals surface area contributed by atoms with Crippen molar-refractivity contribution < 1.29 is 14.3 Å². The second-order valence-corrected chi connectivity index (χ2v) is 12.5. The third kappa shape index (κ3) is 9.50. The van der Waals surface area contributed by atoms with Crippen LogP contribution < -0.4 is 10.1 Å². The lowest BCUT2D eigenvalue weighted by Crippen LogP contribution is -2.51. The van der Waals surface area contributed by atoms with E-state index in [9.17, 15) is 9.59 Å². The van der Waals surface area contributed by atoms with E-state index in [0.717, 1.165) is 38.5 Å². The molecular weight excluding hydrogens is 620 g/mol. The SMILES string of the molecule is CCCCNC(=O)[C@@H](Cc1ccccc1)N(Cc1ccc(Br)cc1)C(=O)COc1ccc(C(C)(C)C)cc1Br. The molecule has 5 nitrogen and oxygen atoms in total. The summed E-state index contributed by atoms with van der Waals surface area (Å²) in [6.07, 6.45) is 2.26. The summed E-state index contributed by atoms with van der Waals surface area (Å²) >= 11 is 7.08. The zero-order valence-corrected chi connectivity index (χ0v) is 26.3. The zero-order valence-electron chi connectivity index (χ0n) is 23.2. The number of unbranched alkanes of at least 4 members (excludes halogenated alkanes) is 1. The normalized spacial score (nSPS) is 12.1. The molecule has 0 fully saturated rings. The van der Waals surface area contributed by atoms with E-state index in [1.54, 1.807) is 4.90 Å². The second-order valence-electron chi connectivity index (χ2n) is 10.7. The minimum Gasteiger partial charge on any atom is -0.483 e. The molecule has 3 aromatic rings. The number of rotatable bonds is 12. The Morgan fingerprint density at radius 3 is 2.26 bits per heavy atom. The van der Waals surface area contributed by atoms with Crippen molar-refractivity contribution in [1.29, 1.82) is 0 Å². The molecule has 0 aliphatic carbocycles. The molecule has 1 atom stereocenters. The highest BCUT2D eigenvalue weighted by molar-refractivity contribution is 9.10. The maximum Gasteiger partial charge on any atom is 0.261 e. The summed E-state index contributed by atoms with van der Waals surface area (Å²) in [6.45, 7) is 9.21. The van der Waals surface area contributed by atoms with Crippen LogP contribution in [0.25, 0.3) is 0 Å². The van der Waals surface area contributed by atoms with Crippen molar-refractivity contribution in [2.24, 2.45) is 0 Å². The van der Waals surface area contributed by atoms with E-state index in [0.29, 0.717) is 18.7 Å². The maximum absolute atomic E-state index is 13.8. The molecule has 3 rings (SSSR count). The molecule has 0 saturated heterocycles. The molecule has 0 unspecified atom stereocenters. The molecule has 2 amide bonds. The van der Waals surface area contributed by atoms with E-state index < -0.39 is 6.04 Å². The van der Waals surface area contributed by atoms with Gasteiger partial charge in [-0.05, 0) is 68.7 Å². The molecule has 0 spiro atoms. The number of amides is 2. The lowest BCUT2D eigenvalue weighted by Gasteiger charge is -2.31. The van der Waals surface area contributed by atoms with Gasteiger partial charge in [0.1, 0.15) is 11.8 Å². The minimum atomic E-state index is -0.685. The van der Waals surface area contributed by atoms with Crippen LogP contribution in [-0.4, -0.2) is 35.9 Å². The van der Waals surface area contributed by atoms with Crippen LogP contribution in [0.2, 0.25) is 0 Å². The summed E-state index contributed by atoms with van der Waals surface area (Å²) in [7, 11) is 0. The first kappa shape index (κ1) is 30.9. The minimum absolute atomic E-state index is 0.00581. The third-order valence-electron chi connectivity index (χ3n) is 6.52. The van der Waals surface area contributed by atoms with Crippen LogP contribution in [0.4, 0.5) is 0 Å². The van der Waals surface area contributed by atoms with E-state index in [4.69, 9.17) is 4.74 Å². The zero-order chi connectivity index (χ0) is 28.4. The fourth-order valence-corrected chi connectivity index (χ4v) is 4.91. The van der Waals surface area contributed by atoms with E-state index in [1.807, 2.05) is 72.8 Å². The smallest absolute Gasteiger partial charge is 0.261 e. The Labute approximate surface area is 249 Å². The molecule has 0 radical (unpaired) electrons. The average molecular weight is 658 g/mol. The van der Waals surface area contributed by atoms with Crippen molar-refractivity contribution in [2.75, 3.05) is 13.2 Å². The molecule has 0 aliphatic heterocycles. The molecule has 39 heavy (non-hydrogen) atoms. The molecule has 0 bridgehead atoms. The summed E-state index contributed by atoms with van der Waals surface area (Å²) in [4.78, 5) is 28.9. The Morgan fingerprint density at radius 2 is 1.64 bits per heavy atom. The fourth-order valence-electron chi connectivity index (χ4n) is 4.15. The largest absolute Gasteiger partial charge is 0.483 e. The molecular formula is C32H38Br2N2O3. The van der Waals surface area contributed by atoms with Crippen molar-refractivity contribution in [3.05, 3.63) is 98.4 Å². The van der Waals surface area contributed by atoms with Crippen molar-refractivity contribution in [3.63, 3.8) is 0 Å². The third-order valence-corrected chi connectivity index (χ3v) is 7.66. The van der Waals surface area contributed by atoms with Crippen LogP contribution in [-0.2, 0) is 28.0 Å². The molecule has 0 heterocycles. The molecule has 0 aliphatic rings. The molecule has 1 N–H and O–H groups in total. The number of hydrogen-bond donors (Lipinski definition) is 1. The van der Waals surface area contributed by atoms with Gasteiger partial charge in [0.05, 0.1) is 4.47 Å². The highest BCUT2D eigenvalue weighted by atomic mass is 79.9. The predicted molar refractivity (Wildman–Crippen MR) is 165 cm³/mol. The van der Waals surface area contributed by atoms with Gasteiger partial charge in [-0.3, -0.25) is 9.59 Å². The van der Waals surface area contributed by atoms with Crippen LogP contribution in [0.5, 0.6) is 5.75 Å². The lowest BCUT2D eigenvalue weighted by atomic mass is 9.87. The van der Waals surface area contributed by atoms with Gasteiger partial charge in [0, 0.05) is 24.0 Å². The van der Waals surface area contributed by atoms with Crippen LogP contribution in [0.15, 0.2) is 81.7 Å². The number of hydrogen-bond acceptors (Lipinski definition) is 3. The van der Waals surface area contributed by atoms with Gasteiger partial charge in [-0.1, -0.05) is 98.6 Å². The summed E-state index contributed by atoms with van der Waals surface area (Å²) in [5.74, 6) is 0.178. The number of nitrogens with one attached hydrogen (secondary N) is 1. The van der Waals surface area contributed by atoms with Gasteiger partial charge in [0.15, 0.2) is 6.61 Å². The van der Waals surface area contributed by atoms with E-state index in [-0.39, 0.29) is 30.4 Å². The second kappa shape index (κ2) is 14.7. The Hall–Kier alpha value is -2.64. The van der Waals surface area contributed by atoms with E-state index >= 15 is 0 Å². The first-order valence-electron chi connectivity index (χ1n) is 13.4. The Morgan fingerprint density at radius 1 is 0.949 bits per heavy atom. The number of carbonyl (C=O) groups is 2. The van der Waals surface area contributed by atoms with Gasteiger partial charge in [-0.2, -0.15) is 0 Å². The topological polar surface area (TPSA) is 58.6 Å². The first-order valence-corrected chi connectivity index (χ1v) is 15.0. The fraction of sp³-hybridized carbons (Fsp3) is 0.375. The number of ether oxygens (including phenoxy) is 1. The molecule has 7 heteroatoms. The summed E-state index contributed by atoms with van der Waals surface area (Å²) in [5.41, 5.74) is 3.08. The number of benzene rings is 3. The average Bonchev–Trinajstić information content (AvgIpc) is 2.91. The Bertz CT molecular complexity index is 1220. The summed E-state index contributed by atoms with van der Waals surface area (Å²) in [5, 5.41) is 3.05. The summed E-state index contributed by atoms with van der Waals surface area (Å²) in [6, 6.07) is 22.9. The van der Waals surface area contributed by atoms with Gasteiger partial charge in [0.25, 0.3) is 5.91 Å². The number of carbonyl (C=O) groups excluding carboxylic acids is 2. The van der Waals surface area contributed by atoms with Gasteiger partial charge in [0.2, 0.25) is 5.91 Å². The standard InChI is InChI=1S/C32H38Br2N2O3/c1-5-6-18-35-31(38)28(19-23-10-8-7-9-11-23)36(21-24-12-15-26(33)16-13-24)30(37)22-39-29-17-14-25(20-27(29)34)32(2,3)4/h7-17,20,28H,5-6,18-19,21-22H2,1-4H3,(H,35,38)/t28-/m1/s1. The van der Waals surface area contributed by atoms with Crippen molar-refractivity contribution in [3.8, 4) is 5.75 Å². The van der Waals surface area contributed by atoms with Crippen molar-refractivity contribution in [1.82, 2.24) is 10.2 Å². The Balaban J connectivity index is 1.88. The van der Waals surface area contributed by atoms with Gasteiger partial charge in [-0.15, -0.1) is 0 Å². The van der Waals surface area contributed by atoms with Crippen LogP contribution in [0.3, 0.4) is 0 Å². The van der Waals surface area contributed by atoms with Crippen LogP contribution in [0, 0.1) is 0 Å². The maximum atomic E-state index is 13.8. The number of nitrogens with zero attached hydrogens (tertiary/aromatic N) is 1. The lowest BCUT2D eigenvalue weighted by molar-refractivity contribution is -0.142. The highest BCUT2D eigenvalue weighted by Gasteiger charge is 2.30.